The van der Waals surface area contributed by atoms with Crippen molar-refractivity contribution < 1.29 is 18.7 Å². The van der Waals surface area contributed by atoms with Gasteiger partial charge in [0.2, 0.25) is 0 Å². The normalized spacial score (nSPS) is 20.7. The molecular formula is C16H22O4Si. The van der Waals surface area contributed by atoms with Crippen LogP contribution in [0.3, 0.4) is 0 Å². The van der Waals surface area contributed by atoms with Crippen LogP contribution in [-0.2, 0) is 11.3 Å². The van der Waals surface area contributed by atoms with E-state index in [0.29, 0.717) is 30.6 Å². The third-order valence-corrected chi connectivity index (χ3v) is 5.81. The standard InChI is InChI=1S/C16H22O4Si/c1-21(2,3)16-12-10-19-14(17)13(12)15(20-16)18-9-8-11-6-4-5-7-11/h4,6,11H,5,7-10H2,1-3H3. The van der Waals surface area contributed by atoms with Crippen molar-refractivity contribution in [1.29, 1.82) is 0 Å². The fourth-order valence-electron chi connectivity index (χ4n) is 2.94. The molecular weight excluding hydrogens is 284 g/mol. The molecule has 21 heavy (non-hydrogen) atoms. The molecule has 0 fully saturated rings. The number of fused-ring (bicyclic) bond motifs is 1. The smallest absolute Gasteiger partial charge is 0.346 e. The van der Waals surface area contributed by atoms with Crippen molar-refractivity contribution in [1.82, 2.24) is 0 Å². The Morgan fingerprint density at radius 3 is 2.86 bits per heavy atom. The summed E-state index contributed by atoms with van der Waals surface area (Å²) >= 11 is 0. The lowest BCUT2D eigenvalue weighted by atomic mass is 10.1. The maximum absolute atomic E-state index is 11.9. The Kier molecular flexibility index (Phi) is 3.69. The topological polar surface area (TPSA) is 48.7 Å². The number of hydrogen-bond donors (Lipinski definition) is 0. The number of carbonyl (C=O) groups is 1. The predicted octanol–water partition coefficient (Wildman–Crippen LogP) is 3.23. The summed E-state index contributed by atoms with van der Waals surface area (Å²) in [6.45, 7) is 7.49. The van der Waals surface area contributed by atoms with Gasteiger partial charge in [-0.15, -0.1) is 0 Å². The highest BCUT2D eigenvalue weighted by Crippen LogP contribution is 2.32. The summed E-state index contributed by atoms with van der Waals surface area (Å²) in [5, 5.41) is 0.930. The van der Waals surface area contributed by atoms with E-state index in [4.69, 9.17) is 13.9 Å². The molecule has 2 heterocycles. The maximum atomic E-state index is 11.9. The van der Waals surface area contributed by atoms with Gasteiger partial charge < -0.3 is 13.9 Å². The Labute approximate surface area is 126 Å². The fourth-order valence-corrected chi connectivity index (χ4v) is 4.44. The molecule has 0 spiro atoms. The van der Waals surface area contributed by atoms with Gasteiger partial charge in [-0.2, -0.15) is 0 Å². The summed E-state index contributed by atoms with van der Waals surface area (Å²) in [6.07, 6.45) is 7.78. The van der Waals surface area contributed by atoms with Gasteiger partial charge in [-0.1, -0.05) is 31.8 Å². The zero-order chi connectivity index (χ0) is 15.0. The first-order chi connectivity index (χ1) is 9.97. The highest BCUT2D eigenvalue weighted by atomic mass is 28.3. The van der Waals surface area contributed by atoms with E-state index in [1.165, 1.54) is 6.42 Å². The largest absolute Gasteiger partial charge is 0.465 e. The molecule has 1 aromatic heterocycles. The van der Waals surface area contributed by atoms with E-state index in [-0.39, 0.29) is 5.97 Å². The molecule has 0 saturated carbocycles. The molecule has 0 aromatic carbocycles. The summed E-state index contributed by atoms with van der Waals surface area (Å²) in [5.41, 5.74) is 1.43. The van der Waals surface area contributed by atoms with Crippen molar-refractivity contribution in [3.05, 3.63) is 23.3 Å². The molecule has 0 N–H and O–H groups in total. The zero-order valence-electron chi connectivity index (χ0n) is 12.9. The first-order valence-electron chi connectivity index (χ1n) is 7.59. The minimum atomic E-state index is -1.65. The van der Waals surface area contributed by atoms with Crippen LogP contribution < -0.4 is 10.1 Å². The molecule has 4 nitrogen and oxygen atoms in total. The minimum Gasteiger partial charge on any atom is -0.465 e. The van der Waals surface area contributed by atoms with Crippen molar-refractivity contribution >= 4 is 19.4 Å². The number of ether oxygens (including phenoxy) is 2. The quantitative estimate of drug-likeness (QED) is 0.476. The second-order valence-electron chi connectivity index (χ2n) is 6.80. The van der Waals surface area contributed by atoms with Gasteiger partial charge in [-0.3, -0.25) is 0 Å². The average molecular weight is 306 g/mol. The Hall–Kier alpha value is -1.49. The SMILES string of the molecule is C[Si](C)(C)c1oc(OCCC2C=CCC2)c2c1COC2=O. The van der Waals surface area contributed by atoms with Crippen molar-refractivity contribution in [3.63, 3.8) is 0 Å². The van der Waals surface area contributed by atoms with Gasteiger partial charge in [0.1, 0.15) is 20.2 Å². The maximum Gasteiger partial charge on any atom is 0.346 e. The van der Waals surface area contributed by atoms with Gasteiger partial charge in [0.15, 0.2) is 0 Å². The lowest BCUT2D eigenvalue weighted by Gasteiger charge is -2.13. The third kappa shape index (κ3) is 2.79. The van der Waals surface area contributed by atoms with Gasteiger partial charge in [0.05, 0.1) is 12.0 Å². The minimum absolute atomic E-state index is 0.311. The van der Waals surface area contributed by atoms with Crippen molar-refractivity contribution in [3.8, 4) is 5.95 Å². The summed E-state index contributed by atoms with van der Waals surface area (Å²) in [4.78, 5) is 11.9. The van der Waals surface area contributed by atoms with E-state index < -0.39 is 8.07 Å². The summed E-state index contributed by atoms with van der Waals surface area (Å²) in [5.74, 6) is 0.650. The molecule has 0 bridgehead atoms. The van der Waals surface area contributed by atoms with Crippen molar-refractivity contribution in [2.45, 2.75) is 45.5 Å². The molecule has 114 valence electrons. The Morgan fingerprint density at radius 1 is 1.38 bits per heavy atom. The van der Waals surface area contributed by atoms with Crippen LogP contribution in [-0.4, -0.2) is 20.7 Å². The lowest BCUT2D eigenvalue weighted by Crippen LogP contribution is -2.38. The number of carbonyl (C=O) groups excluding carboxylic acids is 1. The monoisotopic (exact) mass is 306 g/mol. The van der Waals surface area contributed by atoms with Gasteiger partial charge in [-0.05, 0) is 25.2 Å². The second kappa shape index (κ2) is 5.37. The molecule has 1 aliphatic heterocycles. The lowest BCUT2D eigenvalue weighted by molar-refractivity contribution is 0.0524. The van der Waals surface area contributed by atoms with Crippen LogP contribution in [0.25, 0.3) is 0 Å². The average Bonchev–Trinajstić information content (AvgIpc) is 3.08. The van der Waals surface area contributed by atoms with E-state index in [0.717, 1.165) is 23.8 Å². The summed E-state index contributed by atoms with van der Waals surface area (Å²) < 4.78 is 16.8. The van der Waals surface area contributed by atoms with Crippen LogP contribution in [0.15, 0.2) is 16.6 Å². The first-order valence-corrected chi connectivity index (χ1v) is 11.1. The van der Waals surface area contributed by atoms with Crippen LogP contribution >= 0.6 is 0 Å². The summed E-state index contributed by atoms with van der Waals surface area (Å²) in [7, 11) is -1.65. The molecule has 3 rings (SSSR count). The van der Waals surface area contributed by atoms with E-state index in [1.54, 1.807) is 0 Å². The van der Waals surface area contributed by atoms with Crippen LogP contribution in [0.1, 0.15) is 35.2 Å². The van der Waals surface area contributed by atoms with E-state index >= 15 is 0 Å². The third-order valence-electron chi connectivity index (χ3n) is 4.04. The molecule has 0 saturated heterocycles. The van der Waals surface area contributed by atoms with Crippen LogP contribution in [0.2, 0.25) is 19.6 Å². The zero-order valence-corrected chi connectivity index (χ0v) is 13.9. The van der Waals surface area contributed by atoms with Crippen molar-refractivity contribution in [2.24, 2.45) is 5.92 Å². The Morgan fingerprint density at radius 2 is 2.19 bits per heavy atom. The van der Waals surface area contributed by atoms with E-state index in [2.05, 4.69) is 31.8 Å². The van der Waals surface area contributed by atoms with Crippen LogP contribution in [0.5, 0.6) is 5.95 Å². The number of furan rings is 1. The molecule has 1 aromatic rings. The van der Waals surface area contributed by atoms with E-state index in [9.17, 15) is 4.79 Å². The van der Waals surface area contributed by atoms with Crippen LogP contribution in [0, 0.1) is 5.92 Å². The molecule has 1 atom stereocenters. The second-order valence-corrected chi connectivity index (χ2v) is 11.8. The highest BCUT2D eigenvalue weighted by molar-refractivity contribution is 6.88. The van der Waals surface area contributed by atoms with Gasteiger partial charge in [-0.25, -0.2) is 4.79 Å². The Bertz CT molecular complexity index is 580. The van der Waals surface area contributed by atoms with E-state index in [1.807, 2.05) is 0 Å². The number of cyclic esters (lactones) is 1. The molecule has 0 radical (unpaired) electrons. The molecule has 1 aliphatic carbocycles. The Balaban J connectivity index is 1.75. The van der Waals surface area contributed by atoms with Crippen molar-refractivity contribution in [2.75, 3.05) is 6.61 Å². The predicted molar refractivity (Wildman–Crippen MR) is 82.8 cm³/mol. The first kappa shape index (κ1) is 14.4. The molecule has 2 aliphatic rings. The molecule has 0 amide bonds. The number of allylic oxidation sites excluding steroid dienone is 2. The molecule has 1 unspecified atom stereocenters. The number of hydrogen-bond acceptors (Lipinski definition) is 4. The fraction of sp³-hybridized carbons (Fsp3) is 0.562. The molecule has 5 heteroatoms. The van der Waals surface area contributed by atoms with Gasteiger partial charge >= 0.3 is 5.97 Å². The number of esters is 1. The highest BCUT2D eigenvalue weighted by Gasteiger charge is 2.38. The van der Waals surface area contributed by atoms with Gasteiger partial charge in [0, 0.05) is 5.56 Å². The number of rotatable bonds is 5. The van der Waals surface area contributed by atoms with Crippen LogP contribution in [0.4, 0.5) is 0 Å². The van der Waals surface area contributed by atoms with Gasteiger partial charge in [0.25, 0.3) is 5.95 Å². The summed E-state index contributed by atoms with van der Waals surface area (Å²) in [6, 6.07) is 0.